The molecule has 1 aromatic heterocycles. The van der Waals surface area contributed by atoms with E-state index in [0.717, 1.165) is 5.56 Å². The third-order valence-electron chi connectivity index (χ3n) is 3.01. The molecule has 2 aromatic carbocycles. The molecule has 98 valence electrons. The largest absolute Gasteiger partial charge is 0.493 e. The molecule has 0 aliphatic heterocycles. The summed E-state index contributed by atoms with van der Waals surface area (Å²) in [5, 5.41) is 10.1. The highest BCUT2D eigenvalue weighted by Gasteiger charge is 2.13. The molecule has 4 heteroatoms. The van der Waals surface area contributed by atoms with Gasteiger partial charge in [-0.2, -0.15) is 4.98 Å². The maximum absolute atomic E-state index is 12.2. The Balaban J connectivity index is 2.16. The molecular formula is C16H12N2O2. The maximum Gasteiger partial charge on any atom is 0.262 e. The molecule has 0 atom stereocenters. The predicted octanol–water partition coefficient (Wildman–Crippen LogP) is 2.81. The molecule has 3 rings (SSSR count). The lowest BCUT2D eigenvalue weighted by Crippen LogP contribution is -2.12. The minimum Gasteiger partial charge on any atom is -0.493 e. The molecule has 0 amide bonds. The lowest BCUT2D eigenvalue weighted by molar-refractivity contribution is 0.454. The highest BCUT2D eigenvalue weighted by atomic mass is 16.3. The summed E-state index contributed by atoms with van der Waals surface area (Å²) < 4.78 is 0. The highest BCUT2D eigenvalue weighted by molar-refractivity contribution is 5.69. The quantitative estimate of drug-likeness (QED) is 0.748. The fourth-order valence-electron chi connectivity index (χ4n) is 2.06. The Hall–Kier alpha value is -2.88. The van der Waals surface area contributed by atoms with Crippen LogP contribution >= 0.6 is 0 Å². The van der Waals surface area contributed by atoms with Gasteiger partial charge in [0.1, 0.15) is 11.4 Å². The molecule has 2 N–H and O–H groups in total. The number of hydrogen-bond donors (Lipinski definition) is 2. The van der Waals surface area contributed by atoms with Crippen molar-refractivity contribution in [1.29, 1.82) is 0 Å². The topological polar surface area (TPSA) is 66.0 Å². The number of benzene rings is 2. The van der Waals surface area contributed by atoms with Crippen molar-refractivity contribution in [1.82, 2.24) is 9.97 Å². The van der Waals surface area contributed by atoms with Gasteiger partial charge in [-0.05, 0) is 5.56 Å². The van der Waals surface area contributed by atoms with Crippen LogP contribution in [-0.2, 0) is 0 Å². The Morgan fingerprint density at radius 2 is 1.40 bits per heavy atom. The van der Waals surface area contributed by atoms with Crippen LogP contribution in [0, 0.1) is 0 Å². The van der Waals surface area contributed by atoms with Crippen LogP contribution in [0.1, 0.15) is 0 Å². The molecule has 0 saturated heterocycles. The van der Waals surface area contributed by atoms with E-state index in [-0.39, 0.29) is 17.0 Å². The normalized spacial score (nSPS) is 10.4. The van der Waals surface area contributed by atoms with Gasteiger partial charge < -0.3 is 10.1 Å². The molecule has 0 radical (unpaired) electrons. The zero-order valence-electron chi connectivity index (χ0n) is 10.6. The minimum atomic E-state index is -0.359. The SMILES string of the molecule is O=c1[nH]c(-c2ccccc2)nc(O)c1-c1ccccc1. The molecule has 0 bridgehead atoms. The fourth-order valence-corrected chi connectivity index (χ4v) is 2.06. The summed E-state index contributed by atoms with van der Waals surface area (Å²) in [7, 11) is 0. The molecule has 20 heavy (non-hydrogen) atoms. The number of rotatable bonds is 2. The first-order valence-electron chi connectivity index (χ1n) is 6.20. The van der Waals surface area contributed by atoms with Crippen LogP contribution in [0.25, 0.3) is 22.5 Å². The van der Waals surface area contributed by atoms with Gasteiger partial charge in [-0.25, -0.2) is 0 Å². The van der Waals surface area contributed by atoms with Crippen molar-refractivity contribution < 1.29 is 5.11 Å². The number of H-pyrrole nitrogens is 1. The van der Waals surface area contributed by atoms with Gasteiger partial charge in [0, 0.05) is 5.56 Å². The van der Waals surface area contributed by atoms with Gasteiger partial charge in [-0.15, -0.1) is 0 Å². The Bertz CT molecular complexity index is 781. The van der Waals surface area contributed by atoms with Crippen molar-refractivity contribution in [3.63, 3.8) is 0 Å². The zero-order valence-corrected chi connectivity index (χ0v) is 10.6. The Labute approximate surface area is 115 Å². The maximum atomic E-state index is 12.2. The summed E-state index contributed by atoms with van der Waals surface area (Å²) in [6.45, 7) is 0. The Morgan fingerprint density at radius 3 is 1.95 bits per heavy atom. The molecule has 3 aromatic rings. The first kappa shape index (κ1) is 12.2. The fraction of sp³-hybridized carbons (Fsp3) is 0. The minimum absolute atomic E-state index is 0.185. The molecule has 0 aliphatic rings. The molecule has 0 fully saturated rings. The summed E-state index contributed by atoms with van der Waals surface area (Å²) in [6.07, 6.45) is 0. The highest BCUT2D eigenvalue weighted by Crippen LogP contribution is 2.25. The predicted molar refractivity (Wildman–Crippen MR) is 77.4 cm³/mol. The van der Waals surface area contributed by atoms with Crippen LogP contribution in [0.4, 0.5) is 0 Å². The second-order valence-corrected chi connectivity index (χ2v) is 4.35. The van der Waals surface area contributed by atoms with E-state index in [2.05, 4.69) is 9.97 Å². The average Bonchev–Trinajstić information content (AvgIpc) is 2.48. The number of aromatic hydroxyl groups is 1. The van der Waals surface area contributed by atoms with Gasteiger partial charge in [-0.3, -0.25) is 4.79 Å². The molecule has 1 heterocycles. The number of nitrogens with zero attached hydrogens (tertiary/aromatic N) is 1. The molecule has 0 aliphatic carbocycles. The van der Waals surface area contributed by atoms with Crippen molar-refractivity contribution in [2.75, 3.05) is 0 Å². The van der Waals surface area contributed by atoms with Crippen LogP contribution in [0.3, 0.4) is 0 Å². The summed E-state index contributed by atoms with van der Waals surface area (Å²) in [5.74, 6) is 0.0894. The Kier molecular flexibility index (Phi) is 3.05. The van der Waals surface area contributed by atoms with Crippen molar-refractivity contribution in [3.05, 3.63) is 71.0 Å². The van der Waals surface area contributed by atoms with Crippen molar-refractivity contribution in [2.45, 2.75) is 0 Å². The van der Waals surface area contributed by atoms with Crippen molar-refractivity contribution >= 4 is 0 Å². The summed E-state index contributed by atoms with van der Waals surface area (Å²) >= 11 is 0. The second kappa shape index (κ2) is 5.01. The van der Waals surface area contributed by atoms with Crippen LogP contribution in [-0.4, -0.2) is 15.1 Å². The average molecular weight is 264 g/mol. The summed E-state index contributed by atoms with van der Waals surface area (Å²) in [4.78, 5) is 19.0. The van der Waals surface area contributed by atoms with E-state index >= 15 is 0 Å². The van der Waals surface area contributed by atoms with E-state index in [1.165, 1.54) is 0 Å². The van der Waals surface area contributed by atoms with E-state index in [1.807, 2.05) is 36.4 Å². The first-order chi connectivity index (χ1) is 9.75. The van der Waals surface area contributed by atoms with Gasteiger partial charge in [-0.1, -0.05) is 60.7 Å². The summed E-state index contributed by atoms with van der Waals surface area (Å²) in [6, 6.07) is 18.2. The van der Waals surface area contributed by atoms with E-state index in [1.54, 1.807) is 24.3 Å². The Morgan fingerprint density at radius 1 is 0.850 bits per heavy atom. The monoisotopic (exact) mass is 264 g/mol. The summed E-state index contributed by atoms with van der Waals surface area (Å²) in [5.41, 5.74) is 1.21. The molecule has 0 unspecified atom stereocenters. The molecule has 4 nitrogen and oxygen atoms in total. The van der Waals surface area contributed by atoms with Crippen molar-refractivity contribution in [3.8, 4) is 28.4 Å². The number of aromatic amines is 1. The first-order valence-corrected chi connectivity index (χ1v) is 6.20. The van der Waals surface area contributed by atoms with Crippen molar-refractivity contribution in [2.24, 2.45) is 0 Å². The van der Waals surface area contributed by atoms with E-state index in [9.17, 15) is 9.90 Å². The van der Waals surface area contributed by atoms with E-state index in [4.69, 9.17) is 0 Å². The second-order valence-electron chi connectivity index (χ2n) is 4.35. The molecule has 0 spiro atoms. The number of nitrogens with one attached hydrogen (secondary N) is 1. The third kappa shape index (κ3) is 2.19. The van der Waals surface area contributed by atoms with Crippen LogP contribution in [0.2, 0.25) is 0 Å². The van der Waals surface area contributed by atoms with Crippen LogP contribution in [0.5, 0.6) is 5.88 Å². The number of hydrogen-bond acceptors (Lipinski definition) is 3. The van der Waals surface area contributed by atoms with E-state index < -0.39 is 0 Å². The van der Waals surface area contributed by atoms with Crippen LogP contribution in [0.15, 0.2) is 65.5 Å². The van der Waals surface area contributed by atoms with Gasteiger partial charge in [0.25, 0.3) is 5.56 Å². The number of aromatic nitrogens is 2. The van der Waals surface area contributed by atoms with Gasteiger partial charge >= 0.3 is 0 Å². The smallest absolute Gasteiger partial charge is 0.262 e. The third-order valence-corrected chi connectivity index (χ3v) is 3.01. The standard InChI is InChI=1S/C16H12N2O2/c19-15-13(11-7-3-1-4-8-11)16(20)18-14(17-15)12-9-5-2-6-10-12/h1-10H,(H2,17,18,19,20). The van der Waals surface area contributed by atoms with Gasteiger partial charge in [0.15, 0.2) is 0 Å². The lowest BCUT2D eigenvalue weighted by Gasteiger charge is -2.06. The molecule has 0 saturated carbocycles. The molecular weight excluding hydrogens is 252 g/mol. The van der Waals surface area contributed by atoms with Gasteiger partial charge in [0.05, 0.1) is 0 Å². The van der Waals surface area contributed by atoms with Crippen LogP contribution < -0.4 is 5.56 Å². The van der Waals surface area contributed by atoms with E-state index in [0.29, 0.717) is 11.4 Å². The zero-order chi connectivity index (χ0) is 13.9. The van der Waals surface area contributed by atoms with Gasteiger partial charge in [0.2, 0.25) is 5.88 Å². The lowest BCUT2D eigenvalue weighted by atomic mass is 10.1.